The number of nitrogens with one attached hydrogen (secondary N) is 3. The molecule has 0 spiro atoms. The number of carbonyl (C=O) groups excluding carboxylic acids is 2. The van der Waals surface area contributed by atoms with Crippen LogP contribution in [0.25, 0.3) is 0 Å². The Balaban J connectivity index is 1.23. The van der Waals surface area contributed by atoms with Crippen LogP contribution in [0.4, 0.5) is 27.1 Å². The highest BCUT2D eigenvalue weighted by atomic mass is 32.1. The van der Waals surface area contributed by atoms with Gasteiger partial charge in [-0.1, -0.05) is 11.3 Å². The smallest absolute Gasteiger partial charge is 0.406 e. The minimum absolute atomic E-state index is 0.0718. The lowest BCUT2D eigenvalue weighted by Crippen LogP contribution is -2.42. The molecular weight excluding hydrogens is 595 g/mol. The van der Waals surface area contributed by atoms with E-state index in [0.717, 1.165) is 29.5 Å². The number of likely N-dealkylation sites (N-methyl/N-ethyl adjacent to an activating group) is 1. The summed E-state index contributed by atoms with van der Waals surface area (Å²) in [5, 5.41) is 18.9. The number of carbonyl (C=O) groups is 2. The van der Waals surface area contributed by atoms with Crippen LogP contribution in [0.1, 0.15) is 22.0 Å². The Labute approximate surface area is 238 Å². The third-order valence-corrected chi connectivity index (χ3v) is 7.09. The van der Waals surface area contributed by atoms with Crippen LogP contribution in [0.3, 0.4) is 0 Å². The summed E-state index contributed by atoms with van der Waals surface area (Å²) < 4.78 is 69.8. The van der Waals surface area contributed by atoms with Crippen molar-refractivity contribution in [3.8, 4) is 5.75 Å². The van der Waals surface area contributed by atoms with Crippen LogP contribution in [-0.2, 0) is 29.0 Å². The topological polar surface area (TPSA) is 125 Å². The van der Waals surface area contributed by atoms with E-state index in [1.807, 2.05) is 0 Å². The van der Waals surface area contributed by atoms with Gasteiger partial charge in [-0.05, 0) is 24.6 Å². The lowest BCUT2D eigenvalue weighted by Gasteiger charge is -2.21. The number of anilines is 1. The summed E-state index contributed by atoms with van der Waals surface area (Å²) in [6.07, 6.45) is -2.84. The van der Waals surface area contributed by atoms with Gasteiger partial charge in [0.05, 0.1) is 13.0 Å². The minimum atomic E-state index is -4.95. The van der Waals surface area contributed by atoms with Gasteiger partial charge in [0.15, 0.2) is 0 Å². The van der Waals surface area contributed by atoms with Crippen LogP contribution in [-0.4, -0.2) is 63.1 Å². The number of halogens is 5. The van der Waals surface area contributed by atoms with Crippen molar-refractivity contribution >= 4 is 39.6 Å². The predicted molar refractivity (Wildman–Crippen MR) is 138 cm³/mol. The lowest BCUT2D eigenvalue weighted by atomic mass is 10.2. The molecule has 1 atom stereocenters. The number of hydrogen-bond donors (Lipinski definition) is 3. The number of rotatable bonds is 12. The molecule has 2 amide bonds. The molecule has 3 heterocycles. The Morgan fingerprint density at radius 1 is 1.22 bits per heavy atom. The first kappa shape index (κ1) is 30.1. The molecule has 0 bridgehead atoms. The van der Waals surface area contributed by atoms with Crippen molar-refractivity contribution in [3.05, 3.63) is 63.1 Å². The first-order valence-electron chi connectivity index (χ1n) is 11.9. The molecule has 0 saturated carbocycles. The molecule has 1 aliphatic heterocycles. The zero-order chi connectivity index (χ0) is 29.6. The molecule has 2 aromatic heterocycles. The number of benzene rings is 1. The van der Waals surface area contributed by atoms with E-state index in [9.17, 15) is 31.5 Å². The van der Waals surface area contributed by atoms with E-state index in [1.54, 1.807) is 11.6 Å². The number of hydrazine groups is 2. The van der Waals surface area contributed by atoms with Crippen LogP contribution in [0.5, 0.6) is 5.75 Å². The molecule has 18 heteroatoms. The van der Waals surface area contributed by atoms with Gasteiger partial charge in [0.1, 0.15) is 33.5 Å². The molecule has 220 valence electrons. The van der Waals surface area contributed by atoms with Crippen LogP contribution < -0.4 is 20.9 Å². The summed E-state index contributed by atoms with van der Waals surface area (Å²) in [6, 6.07) is 2.46. The highest BCUT2D eigenvalue weighted by molar-refractivity contribution is 7.15. The second-order valence-electron chi connectivity index (χ2n) is 8.60. The van der Waals surface area contributed by atoms with Crippen LogP contribution in [0, 0.1) is 5.82 Å². The molecule has 0 saturated heterocycles. The predicted octanol–water partition coefficient (Wildman–Crippen LogP) is 3.31. The quantitative estimate of drug-likeness (QED) is 0.262. The number of aromatic nitrogens is 3. The van der Waals surface area contributed by atoms with E-state index < -0.39 is 36.6 Å². The first-order chi connectivity index (χ1) is 19.4. The van der Waals surface area contributed by atoms with Gasteiger partial charge >= 0.3 is 6.36 Å². The summed E-state index contributed by atoms with van der Waals surface area (Å²) >= 11 is 2.50. The molecule has 1 unspecified atom stereocenters. The van der Waals surface area contributed by atoms with Crippen molar-refractivity contribution < 1.29 is 36.3 Å². The SMILES string of the molecule is CN1NN(CC(F)CCc2nnc(NC(=O)Cc3nccs3)s2)C=C1C(=O)NCc1cc(OC(F)(F)F)ccc1F. The van der Waals surface area contributed by atoms with E-state index in [0.29, 0.717) is 15.1 Å². The molecule has 41 heavy (non-hydrogen) atoms. The van der Waals surface area contributed by atoms with E-state index in [4.69, 9.17) is 0 Å². The van der Waals surface area contributed by atoms with Crippen LogP contribution in [0.15, 0.2) is 41.7 Å². The Morgan fingerprint density at radius 2 is 2.02 bits per heavy atom. The number of ether oxygens (including phenoxy) is 1. The van der Waals surface area contributed by atoms with Gasteiger partial charge in [0.25, 0.3) is 5.91 Å². The molecule has 11 nitrogen and oxygen atoms in total. The van der Waals surface area contributed by atoms with E-state index >= 15 is 0 Å². The average molecular weight is 619 g/mol. The fourth-order valence-corrected chi connectivity index (χ4v) is 4.98. The highest BCUT2D eigenvalue weighted by Gasteiger charge is 2.31. The van der Waals surface area contributed by atoms with Crippen molar-refractivity contribution in [1.29, 1.82) is 0 Å². The molecular formula is C23H23F5N8O3S2. The zero-order valence-electron chi connectivity index (χ0n) is 21.2. The Kier molecular flexibility index (Phi) is 9.66. The molecule has 0 fully saturated rings. The van der Waals surface area contributed by atoms with E-state index in [2.05, 4.69) is 36.1 Å². The molecule has 3 aromatic rings. The van der Waals surface area contributed by atoms with Gasteiger partial charge in [0.2, 0.25) is 11.0 Å². The normalized spacial score (nSPS) is 14.1. The van der Waals surface area contributed by atoms with Gasteiger partial charge in [0, 0.05) is 43.4 Å². The van der Waals surface area contributed by atoms with Crippen molar-refractivity contribution in [3.63, 3.8) is 0 Å². The second kappa shape index (κ2) is 13.2. The van der Waals surface area contributed by atoms with E-state index in [-0.39, 0.29) is 43.0 Å². The fourth-order valence-electron chi connectivity index (χ4n) is 3.59. The van der Waals surface area contributed by atoms with Gasteiger partial charge in [-0.15, -0.1) is 40.2 Å². The molecule has 1 aromatic carbocycles. The molecule has 1 aliphatic rings. The monoisotopic (exact) mass is 618 g/mol. The number of thiazole rings is 1. The van der Waals surface area contributed by atoms with Crippen molar-refractivity contribution in [2.45, 2.75) is 38.3 Å². The number of aryl methyl sites for hydroxylation is 1. The molecule has 4 rings (SSSR count). The number of alkyl halides is 4. The van der Waals surface area contributed by atoms with Gasteiger partial charge in [-0.3, -0.25) is 19.6 Å². The van der Waals surface area contributed by atoms with Crippen molar-refractivity contribution in [2.75, 3.05) is 18.9 Å². The number of hydrogen-bond acceptors (Lipinski definition) is 11. The van der Waals surface area contributed by atoms with E-state index in [1.165, 1.54) is 34.6 Å². The molecule has 0 radical (unpaired) electrons. The summed E-state index contributed by atoms with van der Waals surface area (Å²) in [5.41, 5.74) is 2.64. The summed E-state index contributed by atoms with van der Waals surface area (Å²) in [5.74, 6) is -2.40. The van der Waals surface area contributed by atoms with Crippen LogP contribution in [0.2, 0.25) is 0 Å². The molecule has 3 N–H and O–H groups in total. The van der Waals surface area contributed by atoms with Gasteiger partial charge in [-0.2, -0.15) is 0 Å². The summed E-state index contributed by atoms with van der Waals surface area (Å²) in [6.45, 7) is -0.533. The maximum atomic E-state index is 14.7. The van der Waals surface area contributed by atoms with Crippen molar-refractivity contribution in [1.82, 2.24) is 36.1 Å². The maximum absolute atomic E-state index is 14.7. The van der Waals surface area contributed by atoms with Gasteiger partial charge in [-0.25, -0.2) is 13.8 Å². The van der Waals surface area contributed by atoms with Crippen LogP contribution >= 0.6 is 22.7 Å². The van der Waals surface area contributed by atoms with Gasteiger partial charge < -0.3 is 15.4 Å². The zero-order valence-corrected chi connectivity index (χ0v) is 22.9. The van der Waals surface area contributed by atoms with Crippen molar-refractivity contribution in [2.24, 2.45) is 0 Å². The Bertz CT molecular complexity index is 1390. The minimum Gasteiger partial charge on any atom is -0.406 e. The summed E-state index contributed by atoms with van der Waals surface area (Å²) in [4.78, 5) is 28.7. The third-order valence-electron chi connectivity index (χ3n) is 5.42. The average Bonchev–Trinajstić information content (AvgIpc) is 3.64. The first-order valence-corrected chi connectivity index (χ1v) is 13.6. The largest absolute Gasteiger partial charge is 0.573 e. The maximum Gasteiger partial charge on any atom is 0.573 e. The molecule has 0 aliphatic carbocycles. The Morgan fingerprint density at radius 3 is 2.76 bits per heavy atom. The standard InChI is InChI=1S/C23H23F5N8O3S2/c1-35-17(21(38)30-10-13-8-15(3-4-16(13)25)39-23(26,27)28)12-36(34-35)11-14(24)2-5-19-32-33-22(41-19)31-18(37)9-20-29-6-7-40-20/h3-4,6-8,12,14,34H,2,5,9-11H2,1H3,(H,30,38)(H,31,33,37). The fraction of sp³-hybridized carbons (Fsp3) is 0.348. The lowest BCUT2D eigenvalue weighted by molar-refractivity contribution is -0.274. The number of nitrogens with zero attached hydrogens (tertiary/aromatic N) is 5. The summed E-state index contributed by atoms with van der Waals surface area (Å²) in [7, 11) is 1.50. The highest BCUT2D eigenvalue weighted by Crippen LogP contribution is 2.25. The number of amides is 2. The Hall–Kier alpha value is -3.90. The third kappa shape index (κ3) is 9.05. The second-order valence-corrected chi connectivity index (χ2v) is 10.6.